The van der Waals surface area contributed by atoms with Crippen molar-refractivity contribution in [1.29, 1.82) is 0 Å². The first-order valence-corrected chi connectivity index (χ1v) is 7.37. The Hall–Kier alpha value is -0.860. The van der Waals surface area contributed by atoms with Crippen LogP contribution in [-0.2, 0) is 0 Å². The molecule has 2 heteroatoms. The average molecular weight is 244 g/mol. The molecule has 1 aromatic rings. The van der Waals surface area contributed by atoms with Gasteiger partial charge in [0, 0.05) is 31.7 Å². The van der Waals surface area contributed by atoms with E-state index in [0.717, 1.165) is 6.04 Å². The van der Waals surface area contributed by atoms with Crippen molar-refractivity contribution < 1.29 is 0 Å². The largest absolute Gasteiger partial charge is 0.298 e. The summed E-state index contributed by atoms with van der Waals surface area (Å²) in [7, 11) is 0. The second kappa shape index (κ2) is 5.41. The van der Waals surface area contributed by atoms with Gasteiger partial charge in [-0.25, -0.2) is 0 Å². The zero-order chi connectivity index (χ0) is 12.4. The van der Waals surface area contributed by atoms with Gasteiger partial charge in [-0.15, -0.1) is 0 Å². The molecule has 2 unspecified atom stereocenters. The van der Waals surface area contributed by atoms with Crippen LogP contribution in [0.25, 0.3) is 0 Å². The lowest BCUT2D eigenvalue weighted by Crippen LogP contribution is -2.55. The van der Waals surface area contributed by atoms with E-state index in [9.17, 15) is 0 Å². The maximum Gasteiger partial charge on any atom is 0.0321 e. The quantitative estimate of drug-likeness (QED) is 0.789. The molecule has 1 aromatic carbocycles. The SMILES string of the molecule is CC(c1ccccc1)N1CCN2CCCCC2C1. The second-order valence-corrected chi connectivity index (χ2v) is 5.77. The molecule has 2 atom stereocenters. The van der Waals surface area contributed by atoms with Crippen LogP contribution in [0.1, 0.15) is 37.8 Å². The Morgan fingerprint density at radius 3 is 2.72 bits per heavy atom. The first-order chi connectivity index (χ1) is 8.84. The standard InChI is InChI=1S/C16H24N2/c1-14(15-7-3-2-4-8-15)18-12-11-17-10-6-5-9-16(17)13-18/h2-4,7-8,14,16H,5-6,9-13H2,1H3. The summed E-state index contributed by atoms with van der Waals surface area (Å²) in [5.74, 6) is 0. The van der Waals surface area contributed by atoms with E-state index < -0.39 is 0 Å². The predicted molar refractivity (Wildman–Crippen MR) is 75.6 cm³/mol. The van der Waals surface area contributed by atoms with Crippen LogP contribution in [0.3, 0.4) is 0 Å². The molecule has 0 aliphatic carbocycles. The van der Waals surface area contributed by atoms with Gasteiger partial charge in [0.05, 0.1) is 0 Å². The van der Waals surface area contributed by atoms with Gasteiger partial charge in [0.15, 0.2) is 0 Å². The molecule has 0 N–H and O–H groups in total. The molecule has 0 amide bonds. The number of hydrogen-bond acceptors (Lipinski definition) is 2. The highest BCUT2D eigenvalue weighted by molar-refractivity contribution is 5.18. The van der Waals surface area contributed by atoms with E-state index in [1.807, 2.05) is 0 Å². The number of fused-ring (bicyclic) bond motifs is 1. The number of piperidine rings is 1. The highest BCUT2D eigenvalue weighted by Crippen LogP contribution is 2.27. The molecular weight excluding hydrogens is 220 g/mol. The lowest BCUT2D eigenvalue weighted by atomic mass is 9.97. The molecule has 18 heavy (non-hydrogen) atoms. The van der Waals surface area contributed by atoms with Gasteiger partial charge in [0.1, 0.15) is 0 Å². The van der Waals surface area contributed by atoms with Crippen molar-refractivity contribution >= 4 is 0 Å². The number of benzene rings is 1. The zero-order valence-corrected chi connectivity index (χ0v) is 11.4. The molecule has 3 rings (SSSR count). The maximum absolute atomic E-state index is 2.71. The second-order valence-electron chi connectivity index (χ2n) is 5.77. The van der Waals surface area contributed by atoms with E-state index in [1.165, 1.54) is 51.0 Å². The maximum atomic E-state index is 2.71. The zero-order valence-electron chi connectivity index (χ0n) is 11.4. The molecule has 0 spiro atoms. The molecule has 0 aromatic heterocycles. The van der Waals surface area contributed by atoms with Gasteiger partial charge in [0.25, 0.3) is 0 Å². The minimum atomic E-state index is 0.565. The van der Waals surface area contributed by atoms with E-state index in [1.54, 1.807) is 0 Å². The van der Waals surface area contributed by atoms with Gasteiger partial charge in [-0.1, -0.05) is 36.8 Å². The highest BCUT2D eigenvalue weighted by Gasteiger charge is 2.30. The molecule has 0 bridgehead atoms. The third-order valence-electron chi connectivity index (χ3n) is 4.70. The Morgan fingerprint density at radius 1 is 1.06 bits per heavy atom. The average Bonchev–Trinajstić information content (AvgIpc) is 2.47. The minimum absolute atomic E-state index is 0.565. The van der Waals surface area contributed by atoms with Crippen LogP contribution in [0.15, 0.2) is 30.3 Å². The Bertz CT molecular complexity index is 376. The molecule has 2 nitrogen and oxygen atoms in total. The summed E-state index contributed by atoms with van der Waals surface area (Å²) in [6.45, 7) is 7.44. The van der Waals surface area contributed by atoms with Crippen molar-refractivity contribution in [1.82, 2.24) is 9.80 Å². The Balaban J connectivity index is 1.67. The van der Waals surface area contributed by atoms with Gasteiger partial charge >= 0.3 is 0 Å². The van der Waals surface area contributed by atoms with Crippen molar-refractivity contribution in [3.8, 4) is 0 Å². The summed E-state index contributed by atoms with van der Waals surface area (Å²) < 4.78 is 0. The van der Waals surface area contributed by atoms with Crippen molar-refractivity contribution in [2.45, 2.75) is 38.3 Å². The molecule has 0 saturated carbocycles. The summed E-state index contributed by atoms with van der Waals surface area (Å²) in [6, 6.07) is 12.3. The normalized spacial score (nSPS) is 27.7. The van der Waals surface area contributed by atoms with Crippen LogP contribution < -0.4 is 0 Å². The molecule has 2 heterocycles. The third-order valence-corrected chi connectivity index (χ3v) is 4.70. The lowest BCUT2D eigenvalue weighted by molar-refractivity contribution is 0.0307. The molecule has 2 aliphatic rings. The number of hydrogen-bond donors (Lipinski definition) is 0. The van der Waals surface area contributed by atoms with Crippen LogP contribution in [0.2, 0.25) is 0 Å². The molecule has 2 fully saturated rings. The van der Waals surface area contributed by atoms with Crippen molar-refractivity contribution in [2.24, 2.45) is 0 Å². The smallest absolute Gasteiger partial charge is 0.0321 e. The third kappa shape index (κ3) is 2.45. The Labute approximate surface area is 111 Å². The highest BCUT2D eigenvalue weighted by atomic mass is 15.3. The van der Waals surface area contributed by atoms with Crippen LogP contribution in [0.4, 0.5) is 0 Å². The van der Waals surface area contributed by atoms with Crippen LogP contribution in [-0.4, -0.2) is 42.0 Å². The first-order valence-electron chi connectivity index (χ1n) is 7.37. The van der Waals surface area contributed by atoms with E-state index in [-0.39, 0.29) is 0 Å². The first kappa shape index (κ1) is 12.2. The van der Waals surface area contributed by atoms with Gasteiger partial charge in [0.2, 0.25) is 0 Å². The van der Waals surface area contributed by atoms with Gasteiger partial charge in [-0.05, 0) is 31.9 Å². The van der Waals surface area contributed by atoms with Crippen molar-refractivity contribution in [2.75, 3.05) is 26.2 Å². The Kier molecular flexibility index (Phi) is 3.67. The number of piperazine rings is 1. The molecule has 2 saturated heterocycles. The van der Waals surface area contributed by atoms with E-state index >= 15 is 0 Å². The van der Waals surface area contributed by atoms with Crippen LogP contribution in [0.5, 0.6) is 0 Å². The molecule has 98 valence electrons. The summed E-state index contributed by atoms with van der Waals surface area (Å²) in [6.07, 6.45) is 4.23. The minimum Gasteiger partial charge on any atom is -0.298 e. The van der Waals surface area contributed by atoms with Gasteiger partial charge in [-0.2, -0.15) is 0 Å². The summed E-state index contributed by atoms with van der Waals surface area (Å²) in [5.41, 5.74) is 1.46. The fraction of sp³-hybridized carbons (Fsp3) is 0.625. The molecular formula is C16H24N2. The van der Waals surface area contributed by atoms with E-state index in [0.29, 0.717) is 6.04 Å². The van der Waals surface area contributed by atoms with Crippen molar-refractivity contribution in [3.63, 3.8) is 0 Å². The van der Waals surface area contributed by atoms with Gasteiger partial charge < -0.3 is 0 Å². The number of nitrogens with zero attached hydrogens (tertiary/aromatic N) is 2. The fourth-order valence-electron chi connectivity index (χ4n) is 3.47. The van der Waals surface area contributed by atoms with Crippen LogP contribution in [0, 0.1) is 0 Å². The lowest BCUT2D eigenvalue weighted by Gasteiger charge is -2.46. The van der Waals surface area contributed by atoms with E-state index in [4.69, 9.17) is 0 Å². The summed E-state index contributed by atoms with van der Waals surface area (Å²) in [5, 5.41) is 0. The Morgan fingerprint density at radius 2 is 1.89 bits per heavy atom. The van der Waals surface area contributed by atoms with E-state index in [2.05, 4.69) is 47.1 Å². The number of rotatable bonds is 2. The monoisotopic (exact) mass is 244 g/mol. The predicted octanol–water partition coefficient (Wildman–Crippen LogP) is 2.92. The van der Waals surface area contributed by atoms with Gasteiger partial charge in [-0.3, -0.25) is 9.80 Å². The summed E-state index contributed by atoms with van der Waals surface area (Å²) in [4.78, 5) is 5.37. The topological polar surface area (TPSA) is 6.48 Å². The fourth-order valence-corrected chi connectivity index (χ4v) is 3.47. The van der Waals surface area contributed by atoms with Crippen molar-refractivity contribution in [3.05, 3.63) is 35.9 Å². The molecule has 0 radical (unpaired) electrons. The molecule has 2 aliphatic heterocycles. The summed E-state index contributed by atoms with van der Waals surface area (Å²) >= 11 is 0. The van der Waals surface area contributed by atoms with Crippen LogP contribution >= 0.6 is 0 Å².